The molecule has 0 amide bonds. The van der Waals surface area contributed by atoms with Crippen molar-refractivity contribution in [1.29, 1.82) is 0 Å². The monoisotopic (exact) mass is 353 g/mol. The van der Waals surface area contributed by atoms with Gasteiger partial charge in [0.05, 0.1) is 0 Å². The largest absolute Gasteiger partial charge is 0.457 e. The predicted octanol–water partition coefficient (Wildman–Crippen LogP) is 5.69. The first kappa shape index (κ1) is 17.3. The minimum Gasteiger partial charge on any atom is -0.457 e. The van der Waals surface area contributed by atoms with Crippen LogP contribution in [0.2, 0.25) is 0 Å². The second-order valence-electron chi connectivity index (χ2n) is 4.37. The molecule has 0 aromatic heterocycles. The third-order valence-electron chi connectivity index (χ3n) is 2.59. The highest BCUT2D eigenvalue weighted by atomic mass is 32.2. The summed E-state index contributed by atoms with van der Waals surface area (Å²) in [4.78, 5) is -0.0989. The van der Waals surface area contributed by atoms with Crippen LogP contribution in [0.1, 0.15) is 5.56 Å². The van der Waals surface area contributed by atoms with Gasteiger partial charge < -0.3 is 10.5 Å². The number of rotatable bonds is 3. The van der Waals surface area contributed by atoms with E-state index in [1.807, 2.05) is 0 Å². The summed E-state index contributed by atoms with van der Waals surface area (Å²) in [6.45, 7) is 0. The van der Waals surface area contributed by atoms with E-state index >= 15 is 0 Å². The van der Waals surface area contributed by atoms with Gasteiger partial charge in [-0.15, -0.1) is 0 Å². The van der Waals surface area contributed by atoms with Crippen molar-refractivity contribution < 1.29 is 31.1 Å². The van der Waals surface area contributed by atoms with Crippen LogP contribution in [-0.2, 0) is 6.18 Å². The summed E-state index contributed by atoms with van der Waals surface area (Å²) >= 11 is -0.327. The Labute approximate surface area is 131 Å². The van der Waals surface area contributed by atoms with Gasteiger partial charge in [-0.1, -0.05) is 0 Å². The first-order valence-corrected chi connectivity index (χ1v) is 6.86. The lowest BCUT2D eigenvalue weighted by molar-refractivity contribution is -0.138. The zero-order chi connectivity index (χ0) is 17.3. The highest BCUT2D eigenvalue weighted by Crippen LogP contribution is 2.40. The molecule has 0 saturated heterocycles. The number of anilines is 1. The van der Waals surface area contributed by atoms with Crippen molar-refractivity contribution in [2.45, 2.75) is 16.6 Å². The number of halogens is 6. The SMILES string of the molecule is Nc1ccc(Oc2ccc(SC(F)(F)F)cc2)c(C(F)(F)F)c1. The molecule has 0 heterocycles. The van der Waals surface area contributed by atoms with E-state index in [1.54, 1.807) is 0 Å². The van der Waals surface area contributed by atoms with E-state index in [-0.39, 0.29) is 28.1 Å². The van der Waals surface area contributed by atoms with Crippen molar-refractivity contribution in [1.82, 2.24) is 0 Å². The molecule has 2 N–H and O–H groups in total. The molecule has 0 aliphatic carbocycles. The lowest BCUT2D eigenvalue weighted by atomic mass is 10.1. The van der Waals surface area contributed by atoms with E-state index < -0.39 is 23.0 Å². The van der Waals surface area contributed by atoms with Crippen LogP contribution < -0.4 is 10.5 Å². The standard InChI is InChI=1S/C14H9F6NOS/c15-13(16,17)11-7-8(21)1-6-12(11)22-9-2-4-10(5-3-9)23-14(18,19)20/h1-7H,21H2. The van der Waals surface area contributed by atoms with Crippen molar-refractivity contribution in [3.63, 3.8) is 0 Å². The van der Waals surface area contributed by atoms with Crippen LogP contribution >= 0.6 is 11.8 Å². The number of nitrogen functional groups attached to an aromatic ring is 1. The molecule has 0 fully saturated rings. The van der Waals surface area contributed by atoms with Gasteiger partial charge in [-0.3, -0.25) is 0 Å². The molecule has 9 heteroatoms. The van der Waals surface area contributed by atoms with Gasteiger partial charge in [0, 0.05) is 10.6 Å². The Morgan fingerprint density at radius 1 is 0.870 bits per heavy atom. The van der Waals surface area contributed by atoms with E-state index in [1.165, 1.54) is 6.07 Å². The van der Waals surface area contributed by atoms with Crippen molar-refractivity contribution in [2.24, 2.45) is 0 Å². The summed E-state index contributed by atoms with van der Waals surface area (Å²) < 4.78 is 80.5. The molecule has 2 aromatic carbocycles. The molecular formula is C14H9F6NOS. The molecule has 0 radical (unpaired) electrons. The van der Waals surface area contributed by atoms with Gasteiger partial charge in [0.15, 0.2) is 0 Å². The summed E-state index contributed by atoms with van der Waals surface area (Å²) in [5, 5.41) is 0. The highest BCUT2D eigenvalue weighted by molar-refractivity contribution is 8.00. The average Bonchev–Trinajstić information content (AvgIpc) is 2.40. The molecule has 0 bridgehead atoms. The van der Waals surface area contributed by atoms with Crippen LogP contribution in [0, 0.1) is 0 Å². The Hall–Kier alpha value is -2.03. The molecule has 124 valence electrons. The van der Waals surface area contributed by atoms with Crippen molar-refractivity contribution in [3.8, 4) is 11.5 Å². The van der Waals surface area contributed by atoms with Gasteiger partial charge in [-0.05, 0) is 54.2 Å². The minimum atomic E-state index is -4.67. The minimum absolute atomic E-state index is 0.0215. The van der Waals surface area contributed by atoms with Crippen LogP contribution in [0.15, 0.2) is 47.4 Å². The van der Waals surface area contributed by atoms with Crippen LogP contribution in [-0.4, -0.2) is 5.51 Å². The lowest BCUT2D eigenvalue weighted by Crippen LogP contribution is -2.08. The number of alkyl halides is 6. The molecule has 0 atom stereocenters. The van der Waals surface area contributed by atoms with Crippen LogP contribution in [0.5, 0.6) is 11.5 Å². The lowest BCUT2D eigenvalue weighted by Gasteiger charge is -2.14. The van der Waals surface area contributed by atoms with E-state index in [0.717, 1.165) is 36.4 Å². The Morgan fingerprint density at radius 3 is 2.00 bits per heavy atom. The zero-order valence-corrected chi connectivity index (χ0v) is 12.0. The molecule has 0 spiro atoms. The van der Waals surface area contributed by atoms with Crippen molar-refractivity contribution in [2.75, 3.05) is 5.73 Å². The zero-order valence-electron chi connectivity index (χ0n) is 11.2. The number of hydrogen-bond donors (Lipinski definition) is 1. The second kappa shape index (κ2) is 6.23. The average molecular weight is 353 g/mol. The van der Waals surface area contributed by atoms with E-state index in [2.05, 4.69) is 0 Å². The maximum atomic E-state index is 12.9. The number of thioether (sulfide) groups is 1. The van der Waals surface area contributed by atoms with Gasteiger partial charge in [-0.25, -0.2) is 0 Å². The van der Waals surface area contributed by atoms with Gasteiger partial charge in [0.2, 0.25) is 0 Å². The van der Waals surface area contributed by atoms with Crippen LogP contribution in [0.3, 0.4) is 0 Å². The van der Waals surface area contributed by atoms with Crippen LogP contribution in [0.25, 0.3) is 0 Å². The molecule has 2 aromatic rings. The summed E-state index contributed by atoms with van der Waals surface area (Å²) in [5.74, 6) is -0.505. The first-order valence-electron chi connectivity index (χ1n) is 6.05. The van der Waals surface area contributed by atoms with Crippen molar-refractivity contribution >= 4 is 17.4 Å². The van der Waals surface area contributed by atoms with Crippen LogP contribution in [0.4, 0.5) is 32.0 Å². The van der Waals surface area contributed by atoms with Gasteiger partial charge >= 0.3 is 11.7 Å². The highest BCUT2D eigenvalue weighted by Gasteiger charge is 2.35. The molecule has 0 aliphatic heterocycles. The molecule has 23 heavy (non-hydrogen) atoms. The molecule has 0 unspecified atom stereocenters. The van der Waals surface area contributed by atoms with E-state index in [4.69, 9.17) is 10.5 Å². The summed E-state index contributed by atoms with van der Waals surface area (Å²) in [7, 11) is 0. The molecular weight excluding hydrogens is 344 g/mol. The van der Waals surface area contributed by atoms with E-state index in [9.17, 15) is 26.3 Å². The van der Waals surface area contributed by atoms with E-state index in [0.29, 0.717) is 0 Å². The maximum absolute atomic E-state index is 12.9. The fraction of sp³-hybridized carbons (Fsp3) is 0.143. The molecule has 0 aliphatic rings. The number of benzene rings is 2. The summed E-state index contributed by atoms with van der Waals surface area (Å²) in [6.07, 6.45) is -4.67. The van der Waals surface area contributed by atoms with Gasteiger partial charge in [-0.2, -0.15) is 26.3 Å². The maximum Gasteiger partial charge on any atom is 0.446 e. The predicted molar refractivity (Wildman–Crippen MR) is 74.3 cm³/mol. The summed E-state index contributed by atoms with van der Waals surface area (Å²) in [6, 6.07) is 7.55. The van der Waals surface area contributed by atoms with Gasteiger partial charge in [0.1, 0.15) is 17.1 Å². The first-order chi connectivity index (χ1) is 10.5. The Morgan fingerprint density at radius 2 is 1.48 bits per heavy atom. The second-order valence-corrected chi connectivity index (χ2v) is 5.51. The quantitative estimate of drug-likeness (QED) is 0.437. The smallest absolute Gasteiger partial charge is 0.446 e. The third-order valence-corrected chi connectivity index (χ3v) is 3.33. The normalized spacial score (nSPS) is 12.3. The molecule has 2 rings (SSSR count). The molecule has 0 saturated carbocycles. The van der Waals surface area contributed by atoms with Gasteiger partial charge in [0.25, 0.3) is 0 Å². The fourth-order valence-corrected chi connectivity index (χ4v) is 2.23. The fourth-order valence-electron chi connectivity index (χ4n) is 1.69. The Bertz CT molecular complexity index is 681. The number of ether oxygens (including phenoxy) is 1. The van der Waals surface area contributed by atoms with Crippen molar-refractivity contribution in [3.05, 3.63) is 48.0 Å². The Balaban J connectivity index is 2.23. The number of nitrogens with two attached hydrogens (primary N) is 1. The molecule has 2 nitrogen and oxygen atoms in total. The Kier molecular flexibility index (Phi) is 4.69. The summed E-state index contributed by atoms with van der Waals surface area (Å²) in [5.41, 5.74) is -0.256. The topological polar surface area (TPSA) is 35.2 Å². The number of hydrogen-bond acceptors (Lipinski definition) is 3. The third kappa shape index (κ3) is 4.98.